The third kappa shape index (κ3) is 4.23. The van der Waals surface area contributed by atoms with Gasteiger partial charge in [-0.1, -0.05) is 26.7 Å². The van der Waals surface area contributed by atoms with Crippen LogP contribution < -0.4 is 11.1 Å². The number of hydrogen-bond acceptors (Lipinski definition) is 3. The lowest BCUT2D eigenvalue weighted by molar-refractivity contribution is -0.0676. The lowest BCUT2D eigenvalue weighted by Gasteiger charge is -2.43. The number of hydrogen-bond donors (Lipinski definition) is 2. The van der Waals surface area contributed by atoms with Crippen molar-refractivity contribution in [2.24, 2.45) is 11.7 Å². The Hall–Kier alpha value is -0.120. The van der Waals surface area contributed by atoms with Crippen LogP contribution in [0.5, 0.6) is 0 Å². The average Bonchev–Trinajstić information content (AvgIpc) is 2.29. The Morgan fingerprint density at radius 3 is 2.18 bits per heavy atom. The van der Waals surface area contributed by atoms with Gasteiger partial charge < -0.3 is 15.8 Å². The molecule has 0 aliphatic carbocycles. The van der Waals surface area contributed by atoms with Crippen LogP contribution in [0.3, 0.4) is 0 Å². The molecular formula is C14H30N2O. The van der Waals surface area contributed by atoms with Crippen LogP contribution in [-0.4, -0.2) is 30.8 Å². The number of nitrogens with one attached hydrogen (secondary N) is 1. The van der Waals surface area contributed by atoms with Gasteiger partial charge in [0.15, 0.2) is 0 Å². The molecule has 2 atom stereocenters. The Labute approximate surface area is 106 Å². The van der Waals surface area contributed by atoms with E-state index < -0.39 is 0 Å². The molecule has 1 fully saturated rings. The zero-order valence-electron chi connectivity index (χ0n) is 12.0. The van der Waals surface area contributed by atoms with Crippen molar-refractivity contribution in [3.8, 4) is 0 Å². The van der Waals surface area contributed by atoms with Crippen LogP contribution in [0.1, 0.15) is 53.4 Å². The second kappa shape index (κ2) is 6.72. The molecule has 0 amide bonds. The van der Waals surface area contributed by atoms with Crippen LogP contribution in [0.4, 0.5) is 0 Å². The largest absolute Gasteiger partial charge is 0.375 e. The monoisotopic (exact) mass is 242 g/mol. The van der Waals surface area contributed by atoms with Gasteiger partial charge in [0, 0.05) is 12.1 Å². The van der Waals surface area contributed by atoms with Crippen LogP contribution in [0.2, 0.25) is 0 Å². The molecule has 17 heavy (non-hydrogen) atoms. The van der Waals surface area contributed by atoms with E-state index in [2.05, 4.69) is 33.0 Å². The molecule has 0 radical (unpaired) electrons. The highest BCUT2D eigenvalue weighted by Crippen LogP contribution is 2.28. The van der Waals surface area contributed by atoms with Gasteiger partial charge in [0.2, 0.25) is 0 Å². The summed E-state index contributed by atoms with van der Waals surface area (Å²) >= 11 is 0. The van der Waals surface area contributed by atoms with E-state index in [1.54, 1.807) is 0 Å². The van der Waals surface area contributed by atoms with Gasteiger partial charge in [0.05, 0.1) is 12.2 Å². The summed E-state index contributed by atoms with van der Waals surface area (Å²) < 4.78 is 5.81. The van der Waals surface area contributed by atoms with Crippen molar-refractivity contribution in [3.63, 3.8) is 0 Å². The van der Waals surface area contributed by atoms with E-state index in [9.17, 15) is 0 Å². The summed E-state index contributed by atoms with van der Waals surface area (Å²) in [5, 5.41) is 3.74. The maximum atomic E-state index is 6.01. The van der Waals surface area contributed by atoms with Crippen molar-refractivity contribution >= 4 is 0 Å². The fourth-order valence-electron chi connectivity index (χ4n) is 3.00. The molecule has 2 unspecified atom stereocenters. The van der Waals surface area contributed by atoms with E-state index >= 15 is 0 Å². The smallest absolute Gasteiger partial charge is 0.0568 e. The zero-order valence-corrected chi connectivity index (χ0v) is 12.0. The lowest BCUT2D eigenvalue weighted by atomic mass is 9.83. The molecule has 102 valence electrons. The minimum absolute atomic E-state index is 0.0969. The SMILES string of the molecule is CCC(CC)CNC1(CN)CC(C)OC(C)C1. The van der Waals surface area contributed by atoms with Gasteiger partial charge in [-0.3, -0.25) is 0 Å². The van der Waals surface area contributed by atoms with Gasteiger partial charge in [-0.25, -0.2) is 0 Å². The van der Waals surface area contributed by atoms with Crippen LogP contribution in [0.15, 0.2) is 0 Å². The average molecular weight is 242 g/mol. The topological polar surface area (TPSA) is 47.3 Å². The number of ether oxygens (including phenoxy) is 1. The fraction of sp³-hybridized carbons (Fsp3) is 1.00. The summed E-state index contributed by atoms with van der Waals surface area (Å²) in [5.74, 6) is 0.770. The Morgan fingerprint density at radius 1 is 1.24 bits per heavy atom. The second-order valence-corrected chi connectivity index (χ2v) is 5.71. The highest BCUT2D eigenvalue weighted by molar-refractivity contribution is 4.96. The summed E-state index contributed by atoms with van der Waals surface area (Å²) in [6.07, 6.45) is 5.19. The van der Waals surface area contributed by atoms with E-state index in [0.29, 0.717) is 18.8 Å². The van der Waals surface area contributed by atoms with E-state index in [1.807, 2.05) is 0 Å². The molecule has 0 bridgehead atoms. The predicted molar refractivity (Wildman–Crippen MR) is 73.1 cm³/mol. The summed E-state index contributed by atoms with van der Waals surface area (Å²) in [6.45, 7) is 10.6. The Kier molecular flexibility index (Phi) is 5.90. The van der Waals surface area contributed by atoms with Crippen molar-refractivity contribution < 1.29 is 4.74 Å². The molecule has 1 aliphatic heterocycles. The first kappa shape index (κ1) is 14.9. The van der Waals surface area contributed by atoms with Gasteiger partial charge in [-0.15, -0.1) is 0 Å². The van der Waals surface area contributed by atoms with E-state index in [-0.39, 0.29) is 5.54 Å². The quantitative estimate of drug-likeness (QED) is 0.751. The minimum Gasteiger partial charge on any atom is -0.375 e. The van der Waals surface area contributed by atoms with Crippen molar-refractivity contribution in [2.45, 2.75) is 71.1 Å². The number of nitrogens with two attached hydrogens (primary N) is 1. The molecule has 1 saturated heterocycles. The van der Waals surface area contributed by atoms with Crippen molar-refractivity contribution in [3.05, 3.63) is 0 Å². The van der Waals surface area contributed by atoms with E-state index in [1.165, 1.54) is 12.8 Å². The van der Waals surface area contributed by atoms with Crippen molar-refractivity contribution in [1.29, 1.82) is 0 Å². The molecule has 3 nitrogen and oxygen atoms in total. The normalized spacial score (nSPS) is 34.2. The van der Waals surface area contributed by atoms with Crippen molar-refractivity contribution in [1.82, 2.24) is 5.32 Å². The summed E-state index contributed by atoms with van der Waals surface area (Å²) in [7, 11) is 0. The van der Waals surface area contributed by atoms with Gasteiger partial charge in [-0.2, -0.15) is 0 Å². The Bertz CT molecular complexity index is 206. The predicted octanol–water partition coefficient (Wildman–Crippen LogP) is 2.30. The zero-order chi connectivity index (χ0) is 12.9. The van der Waals surface area contributed by atoms with E-state index in [0.717, 1.165) is 25.3 Å². The molecule has 1 rings (SSSR count). The third-order valence-corrected chi connectivity index (χ3v) is 4.13. The Balaban J connectivity index is 2.55. The summed E-state index contributed by atoms with van der Waals surface area (Å²) in [4.78, 5) is 0. The first-order chi connectivity index (χ1) is 8.05. The first-order valence-corrected chi connectivity index (χ1v) is 7.15. The maximum Gasteiger partial charge on any atom is 0.0568 e. The van der Waals surface area contributed by atoms with Crippen LogP contribution in [-0.2, 0) is 4.74 Å². The van der Waals surface area contributed by atoms with Gasteiger partial charge >= 0.3 is 0 Å². The minimum atomic E-state index is 0.0969. The highest BCUT2D eigenvalue weighted by Gasteiger charge is 2.37. The van der Waals surface area contributed by atoms with Crippen molar-refractivity contribution in [2.75, 3.05) is 13.1 Å². The van der Waals surface area contributed by atoms with Gasteiger partial charge in [0.25, 0.3) is 0 Å². The van der Waals surface area contributed by atoms with E-state index in [4.69, 9.17) is 10.5 Å². The van der Waals surface area contributed by atoms with Gasteiger partial charge in [0.1, 0.15) is 0 Å². The summed E-state index contributed by atoms with van der Waals surface area (Å²) in [6, 6.07) is 0. The highest BCUT2D eigenvalue weighted by atomic mass is 16.5. The number of rotatable bonds is 6. The molecular weight excluding hydrogens is 212 g/mol. The standard InChI is InChI=1S/C14H30N2O/c1-5-13(6-2)9-16-14(10-15)7-11(3)17-12(4)8-14/h11-13,16H,5-10,15H2,1-4H3. The Morgan fingerprint density at radius 2 is 1.76 bits per heavy atom. The fourth-order valence-corrected chi connectivity index (χ4v) is 3.00. The van der Waals surface area contributed by atoms with Crippen LogP contribution in [0.25, 0.3) is 0 Å². The van der Waals surface area contributed by atoms with Gasteiger partial charge in [-0.05, 0) is 39.2 Å². The second-order valence-electron chi connectivity index (χ2n) is 5.71. The first-order valence-electron chi connectivity index (χ1n) is 7.15. The molecule has 1 aliphatic rings. The molecule has 3 N–H and O–H groups in total. The molecule has 1 heterocycles. The lowest BCUT2D eigenvalue weighted by Crippen LogP contribution is -2.58. The molecule has 0 aromatic rings. The summed E-state index contributed by atoms with van der Waals surface area (Å²) in [5.41, 5.74) is 6.11. The molecule has 3 heteroatoms. The molecule has 0 aromatic heterocycles. The maximum absolute atomic E-state index is 6.01. The van der Waals surface area contributed by atoms with Crippen LogP contribution in [0, 0.1) is 5.92 Å². The molecule has 0 spiro atoms. The molecule has 0 saturated carbocycles. The van der Waals surface area contributed by atoms with Crippen LogP contribution >= 0.6 is 0 Å². The molecule has 0 aromatic carbocycles. The third-order valence-electron chi connectivity index (χ3n) is 4.13.